The number of hydroxylamine groups is 1. The summed E-state index contributed by atoms with van der Waals surface area (Å²) in [6, 6.07) is 17.2. The van der Waals surface area contributed by atoms with E-state index in [1.165, 1.54) is 5.48 Å². The van der Waals surface area contributed by atoms with Crippen molar-refractivity contribution >= 4 is 12.0 Å². The van der Waals surface area contributed by atoms with Gasteiger partial charge in [0.15, 0.2) is 6.10 Å². The number of benzene rings is 2. The summed E-state index contributed by atoms with van der Waals surface area (Å²) >= 11 is 0. The molecular formula is C22H26N2O5. The van der Waals surface area contributed by atoms with Crippen molar-refractivity contribution in [2.75, 3.05) is 13.1 Å². The molecule has 7 heteroatoms. The summed E-state index contributed by atoms with van der Waals surface area (Å²) in [5.74, 6) is 0.475. The van der Waals surface area contributed by atoms with Crippen LogP contribution >= 0.6 is 0 Å². The molecular weight excluding hydrogens is 372 g/mol. The number of nitrogens with one attached hydrogen (secondary N) is 1. The highest BCUT2D eigenvalue weighted by molar-refractivity contribution is 5.83. The van der Waals surface area contributed by atoms with Crippen molar-refractivity contribution in [2.45, 2.75) is 38.4 Å². The van der Waals surface area contributed by atoms with Gasteiger partial charge in [0.25, 0.3) is 5.91 Å². The van der Waals surface area contributed by atoms with E-state index >= 15 is 0 Å². The summed E-state index contributed by atoms with van der Waals surface area (Å²) < 4.78 is 10.9. The first-order valence-corrected chi connectivity index (χ1v) is 9.81. The van der Waals surface area contributed by atoms with E-state index in [0.717, 1.165) is 30.4 Å². The molecule has 3 rings (SSSR count). The van der Waals surface area contributed by atoms with Crippen molar-refractivity contribution in [1.29, 1.82) is 0 Å². The molecule has 1 aliphatic rings. The van der Waals surface area contributed by atoms with Gasteiger partial charge in [0, 0.05) is 19.5 Å². The minimum absolute atomic E-state index is 0.224. The lowest BCUT2D eigenvalue weighted by Crippen LogP contribution is -2.45. The van der Waals surface area contributed by atoms with E-state index in [1.54, 1.807) is 4.90 Å². The number of hydrogen-bond donors (Lipinski definition) is 2. The second kappa shape index (κ2) is 10.5. The fourth-order valence-corrected chi connectivity index (χ4v) is 3.33. The van der Waals surface area contributed by atoms with Crippen LogP contribution in [0.2, 0.25) is 0 Å². The molecule has 0 aromatic heterocycles. The number of piperidine rings is 1. The van der Waals surface area contributed by atoms with Crippen LogP contribution < -0.4 is 10.2 Å². The molecule has 0 bridgehead atoms. The summed E-state index contributed by atoms with van der Waals surface area (Å²) in [6.45, 7) is 1.79. The molecule has 0 saturated carbocycles. The SMILES string of the molecule is O=C(NO)OC(Cc1ccc(OCc2ccccc2)cc1)C(=O)N1CCCCC1. The molecule has 0 aliphatic carbocycles. The van der Waals surface area contributed by atoms with Crippen LogP contribution in [0.15, 0.2) is 54.6 Å². The van der Waals surface area contributed by atoms with Gasteiger partial charge in [0.05, 0.1) is 0 Å². The Bertz CT molecular complexity index is 789. The van der Waals surface area contributed by atoms with Crippen LogP contribution in [0.1, 0.15) is 30.4 Å². The number of carbonyl (C=O) groups excluding carboxylic acids is 2. The number of ether oxygens (including phenoxy) is 2. The van der Waals surface area contributed by atoms with Gasteiger partial charge >= 0.3 is 6.09 Å². The van der Waals surface area contributed by atoms with Gasteiger partial charge in [-0.05, 0) is 42.5 Å². The Morgan fingerprint density at radius 2 is 1.66 bits per heavy atom. The van der Waals surface area contributed by atoms with Crippen LogP contribution in [0.4, 0.5) is 4.79 Å². The molecule has 1 saturated heterocycles. The lowest BCUT2D eigenvalue weighted by atomic mass is 10.0. The minimum atomic E-state index is -1.04. The van der Waals surface area contributed by atoms with Crippen molar-refractivity contribution in [3.63, 3.8) is 0 Å². The number of rotatable bonds is 7. The van der Waals surface area contributed by atoms with Crippen molar-refractivity contribution in [3.05, 3.63) is 65.7 Å². The monoisotopic (exact) mass is 398 g/mol. The van der Waals surface area contributed by atoms with E-state index in [0.29, 0.717) is 25.4 Å². The van der Waals surface area contributed by atoms with Crippen molar-refractivity contribution in [2.24, 2.45) is 0 Å². The molecule has 0 spiro atoms. The number of hydrogen-bond acceptors (Lipinski definition) is 5. The Morgan fingerprint density at radius 3 is 2.31 bits per heavy atom. The van der Waals surface area contributed by atoms with E-state index < -0.39 is 12.2 Å². The van der Waals surface area contributed by atoms with Gasteiger partial charge in [0.2, 0.25) is 0 Å². The maximum atomic E-state index is 12.8. The Kier molecular flexibility index (Phi) is 7.47. The van der Waals surface area contributed by atoms with Gasteiger partial charge in [-0.25, -0.2) is 10.3 Å². The van der Waals surface area contributed by atoms with Crippen LogP contribution in [0.3, 0.4) is 0 Å². The van der Waals surface area contributed by atoms with E-state index in [4.69, 9.17) is 14.7 Å². The second-order valence-corrected chi connectivity index (χ2v) is 7.01. The van der Waals surface area contributed by atoms with Crippen LogP contribution in [0.5, 0.6) is 5.75 Å². The van der Waals surface area contributed by atoms with E-state index in [2.05, 4.69) is 0 Å². The highest BCUT2D eigenvalue weighted by Crippen LogP contribution is 2.18. The van der Waals surface area contributed by atoms with Gasteiger partial charge in [0.1, 0.15) is 12.4 Å². The number of likely N-dealkylation sites (tertiary alicyclic amines) is 1. The fraction of sp³-hybridized carbons (Fsp3) is 0.364. The predicted molar refractivity (Wildman–Crippen MR) is 107 cm³/mol. The van der Waals surface area contributed by atoms with Crippen molar-refractivity contribution in [3.8, 4) is 5.75 Å². The van der Waals surface area contributed by atoms with Gasteiger partial charge in [-0.3, -0.25) is 10.0 Å². The average molecular weight is 398 g/mol. The third-order valence-electron chi connectivity index (χ3n) is 4.88. The van der Waals surface area contributed by atoms with Crippen LogP contribution in [0.25, 0.3) is 0 Å². The Balaban J connectivity index is 1.61. The van der Waals surface area contributed by atoms with Gasteiger partial charge in [-0.1, -0.05) is 42.5 Å². The molecule has 2 aromatic carbocycles. The molecule has 1 atom stereocenters. The van der Waals surface area contributed by atoms with E-state index in [1.807, 2.05) is 54.6 Å². The zero-order valence-electron chi connectivity index (χ0n) is 16.3. The lowest BCUT2D eigenvalue weighted by Gasteiger charge is -2.30. The molecule has 154 valence electrons. The third kappa shape index (κ3) is 6.22. The first-order chi connectivity index (χ1) is 14.2. The summed E-state index contributed by atoms with van der Waals surface area (Å²) in [7, 11) is 0. The van der Waals surface area contributed by atoms with Crippen molar-refractivity contribution < 1.29 is 24.3 Å². The molecule has 1 heterocycles. The summed E-state index contributed by atoms with van der Waals surface area (Å²) in [6.07, 6.45) is 1.17. The molecule has 29 heavy (non-hydrogen) atoms. The first-order valence-electron chi connectivity index (χ1n) is 9.81. The average Bonchev–Trinajstić information content (AvgIpc) is 2.78. The van der Waals surface area contributed by atoms with Gasteiger partial charge < -0.3 is 14.4 Å². The zero-order chi connectivity index (χ0) is 20.5. The van der Waals surface area contributed by atoms with Gasteiger partial charge in [-0.2, -0.15) is 0 Å². The first kappa shape index (κ1) is 20.7. The maximum Gasteiger partial charge on any atom is 0.431 e. The molecule has 2 aromatic rings. The molecule has 2 N–H and O–H groups in total. The Hall–Kier alpha value is -3.06. The Labute approximate surface area is 170 Å². The lowest BCUT2D eigenvalue weighted by molar-refractivity contribution is -0.141. The minimum Gasteiger partial charge on any atom is -0.489 e. The second-order valence-electron chi connectivity index (χ2n) is 7.01. The highest BCUT2D eigenvalue weighted by Gasteiger charge is 2.29. The van der Waals surface area contributed by atoms with Crippen LogP contribution in [0, 0.1) is 0 Å². The highest BCUT2D eigenvalue weighted by atomic mass is 16.6. The molecule has 0 radical (unpaired) electrons. The van der Waals surface area contributed by atoms with E-state index in [9.17, 15) is 9.59 Å². The summed E-state index contributed by atoms with van der Waals surface area (Å²) in [5, 5.41) is 8.77. The Morgan fingerprint density at radius 1 is 0.966 bits per heavy atom. The molecule has 7 nitrogen and oxygen atoms in total. The van der Waals surface area contributed by atoms with E-state index in [-0.39, 0.29) is 12.3 Å². The van der Waals surface area contributed by atoms with Gasteiger partial charge in [-0.15, -0.1) is 0 Å². The zero-order valence-corrected chi connectivity index (χ0v) is 16.3. The van der Waals surface area contributed by atoms with Crippen molar-refractivity contribution in [1.82, 2.24) is 10.4 Å². The summed E-state index contributed by atoms with van der Waals surface area (Å²) in [5.41, 5.74) is 3.34. The topological polar surface area (TPSA) is 88.1 Å². The van der Waals surface area contributed by atoms with Crippen LogP contribution in [-0.4, -0.2) is 41.3 Å². The maximum absolute atomic E-state index is 12.8. The molecule has 1 unspecified atom stereocenters. The summed E-state index contributed by atoms with van der Waals surface area (Å²) in [4.78, 5) is 26.0. The number of amides is 2. The fourth-order valence-electron chi connectivity index (χ4n) is 3.33. The predicted octanol–water partition coefficient (Wildman–Crippen LogP) is 3.30. The molecule has 2 amide bonds. The standard InChI is InChI=1S/C22H26N2O5/c25-21(24-13-5-2-6-14-24)20(29-22(26)23-27)15-17-9-11-19(12-10-17)28-16-18-7-3-1-4-8-18/h1,3-4,7-12,20,27H,2,5-6,13-16H2,(H,23,26). The molecule has 1 fully saturated rings. The number of carbonyl (C=O) groups is 2. The quantitative estimate of drug-likeness (QED) is 0.552. The normalized spacial score (nSPS) is 14.7. The number of nitrogens with zero attached hydrogens (tertiary/aromatic N) is 1. The smallest absolute Gasteiger partial charge is 0.431 e. The largest absolute Gasteiger partial charge is 0.489 e. The van der Waals surface area contributed by atoms with Crippen LogP contribution in [-0.2, 0) is 22.6 Å². The molecule has 1 aliphatic heterocycles. The third-order valence-corrected chi connectivity index (χ3v) is 4.88.